The van der Waals surface area contributed by atoms with E-state index in [0.717, 1.165) is 0 Å². The second-order valence-corrected chi connectivity index (χ2v) is 6.11. The largest absolute Gasteiger partial charge is 0.399 e. The Morgan fingerprint density at radius 2 is 1.43 bits per heavy atom. The number of hydrogen-bond donors (Lipinski definition) is 1. The van der Waals surface area contributed by atoms with Crippen LogP contribution in [-0.4, -0.2) is 11.6 Å². The van der Waals surface area contributed by atoms with Crippen molar-refractivity contribution in [3.8, 4) is 0 Å². The van der Waals surface area contributed by atoms with E-state index < -0.39 is 5.41 Å². The maximum atomic E-state index is 12.4. The summed E-state index contributed by atoms with van der Waals surface area (Å²) < 4.78 is 0. The monoisotopic (exact) mass is 281 g/mol. The highest BCUT2D eigenvalue weighted by Crippen LogP contribution is 2.22. The highest BCUT2D eigenvalue weighted by molar-refractivity contribution is 6.10. The van der Waals surface area contributed by atoms with Crippen LogP contribution in [0.15, 0.2) is 48.5 Å². The number of nitrogen functional groups attached to an aromatic ring is 1. The highest BCUT2D eigenvalue weighted by atomic mass is 16.1. The lowest BCUT2D eigenvalue weighted by Gasteiger charge is -2.16. The van der Waals surface area contributed by atoms with Crippen LogP contribution in [0.5, 0.6) is 0 Å². The van der Waals surface area contributed by atoms with Gasteiger partial charge in [0.15, 0.2) is 11.6 Å². The van der Waals surface area contributed by atoms with Crippen LogP contribution < -0.4 is 5.73 Å². The molecule has 3 nitrogen and oxygen atoms in total. The fraction of sp³-hybridized carbons (Fsp3) is 0.222. The quantitative estimate of drug-likeness (QED) is 0.689. The van der Waals surface area contributed by atoms with Crippen LogP contribution >= 0.6 is 0 Å². The van der Waals surface area contributed by atoms with Gasteiger partial charge >= 0.3 is 0 Å². The molecule has 0 fully saturated rings. The summed E-state index contributed by atoms with van der Waals surface area (Å²) in [5.41, 5.74) is 7.39. The van der Waals surface area contributed by atoms with E-state index in [1.807, 2.05) is 20.8 Å². The lowest BCUT2D eigenvalue weighted by molar-refractivity contribution is 0.0858. The van der Waals surface area contributed by atoms with Gasteiger partial charge in [0.05, 0.1) is 0 Å². The smallest absolute Gasteiger partial charge is 0.193 e. The molecule has 0 amide bonds. The molecule has 0 spiro atoms. The van der Waals surface area contributed by atoms with Crippen molar-refractivity contribution >= 4 is 17.3 Å². The third-order valence-corrected chi connectivity index (χ3v) is 3.24. The van der Waals surface area contributed by atoms with Crippen LogP contribution in [0.4, 0.5) is 5.69 Å². The molecule has 0 unspecified atom stereocenters. The van der Waals surface area contributed by atoms with E-state index in [0.29, 0.717) is 22.4 Å². The normalized spacial score (nSPS) is 11.2. The van der Waals surface area contributed by atoms with E-state index >= 15 is 0 Å². The summed E-state index contributed by atoms with van der Waals surface area (Å²) in [6.45, 7) is 5.59. The second kappa shape index (κ2) is 5.52. The van der Waals surface area contributed by atoms with Crippen molar-refractivity contribution in [2.24, 2.45) is 5.41 Å². The Morgan fingerprint density at radius 1 is 0.857 bits per heavy atom. The maximum absolute atomic E-state index is 12.4. The first kappa shape index (κ1) is 15.0. The van der Waals surface area contributed by atoms with E-state index in [2.05, 4.69) is 0 Å². The molecule has 3 heteroatoms. The zero-order valence-electron chi connectivity index (χ0n) is 12.5. The molecule has 21 heavy (non-hydrogen) atoms. The predicted octanol–water partition coefficient (Wildman–Crippen LogP) is 3.73. The molecule has 0 saturated heterocycles. The van der Waals surface area contributed by atoms with Gasteiger partial charge in [-0.2, -0.15) is 0 Å². The van der Waals surface area contributed by atoms with Gasteiger partial charge in [0.2, 0.25) is 0 Å². The first-order valence-electron chi connectivity index (χ1n) is 6.84. The third kappa shape index (κ3) is 3.37. The van der Waals surface area contributed by atoms with Crippen LogP contribution in [0.3, 0.4) is 0 Å². The lowest BCUT2D eigenvalue weighted by Crippen LogP contribution is -2.20. The fourth-order valence-corrected chi connectivity index (χ4v) is 2.04. The van der Waals surface area contributed by atoms with Crippen molar-refractivity contribution in [3.05, 3.63) is 65.2 Å². The number of rotatable bonds is 3. The SMILES string of the molecule is CC(C)(C)C(=O)c1cccc(C(=O)c2ccc(N)cc2)c1. The Hall–Kier alpha value is -2.42. The van der Waals surface area contributed by atoms with Gasteiger partial charge in [-0.25, -0.2) is 0 Å². The Labute approximate surface area is 124 Å². The van der Waals surface area contributed by atoms with Gasteiger partial charge in [0.25, 0.3) is 0 Å². The number of Topliss-reactive ketones (excluding diaryl/α,β-unsaturated/α-hetero) is 1. The van der Waals surface area contributed by atoms with Gasteiger partial charge in [-0.1, -0.05) is 39.0 Å². The van der Waals surface area contributed by atoms with Crippen molar-refractivity contribution in [1.29, 1.82) is 0 Å². The molecule has 0 atom stereocenters. The van der Waals surface area contributed by atoms with Crippen molar-refractivity contribution < 1.29 is 9.59 Å². The molecule has 108 valence electrons. The van der Waals surface area contributed by atoms with Gasteiger partial charge in [0.1, 0.15) is 0 Å². The van der Waals surface area contributed by atoms with Crippen LogP contribution in [0.1, 0.15) is 47.1 Å². The van der Waals surface area contributed by atoms with E-state index in [1.54, 1.807) is 48.5 Å². The number of nitrogens with two attached hydrogens (primary N) is 1. The Balaban J connectivity index is 2.35. The zero-order chi connectivity index (χ0) is 15.6. The Kier molecular flexibility index (Phi) is 3.94. The van der Waals surface area contributed by atoms with Gasteiger partial charge in [-0.05, 0) is 30.3 Å². The van der Waals surface area contributed by atoms with Gasteiger partial charge < -0.3 is 5.73 Å². The molecule has 2 aromatic rings. The molecule has 0 bridgehead atoms. The number of benzene rings is 2. The predicted molar refractivity (Wildman–Crippen MR) is 84.5 cm³/mol. The molecule has 0 heterocycles. The topological polar surface area (TPSA) is 60.2 Å². The molecular weight excluding hydrogens is 262 g/mol. The zero-order valence-corrected chi connectivity index (χ0v) is 12.5. The number of ketones is 2. The lowest BCUT2D eigenvalue weighted by atomic mass is 9.85. The molecule has 0 aliphatic carbocycles. The number of carbonyl (C=O) groups is 2. The number of carbonyl (C=O) groups excluding carboxylic acids is 2. The molecule has 0 aliphatic heterocycles. The standard InChI is InChI=1S/C18H19NO2/c1-18(2,3)17(21)14-6-4-5-13(11-14)16(20)12-7-9-15(19)10-8-12/h4-11H,19H2,1-3H3. The minimum atomic E-state index is -0.469. The van der Waals surface area contributed by atoms with E-state index in [-0.39, 0.29) is 11.6 Å². The molecule has 0 aliphatic rings. The summed E-state index contributed by atoms with van der Waals surface area (Å²) in [7, 11) is 0. The first-order valence-corrected chi connectivity index (χ1v) is 6.84. The molecule has 2 aromatic carbocycles. The number of hydrogen-bond acceptors (Lipinski definition) is 3. The third-order valence-electron chi connectivity index (χ3n) is 3.24. The minimum absolute atomic E-state index is 0.0226. The van der Waals surface area contributed by atoms with Crippen molar-refractivity contribution in [2.45, 2.75) is 20.8 Å². The van der Waals surface area contributed by atoms with Crippen molar-refractivity contribution in [2.75, 3.05) is 5.73 Å². The first-order chi connectivity index (χ1) is 9.79. The average Bonchev–Trinajstić information content (AvgIpc) is 2.45. The Morgan fingerprint density at radius 3 is 2.00 bits per heavy atom. The van der Waals surface area contributed by atoms with E-state index in [1.165, 1.54) is 0 Å². The van der Waals surface area contributed by atoms with E-state index in [9.17, 15) is 9.59 Å². The van der Waals surface area contributed by atoms with Crippen LogP contribution in [0.2, 0.25) is 0 Å². The summed E-state index contributed by atoms with van der Waals surface area (Å²) in [6.07, 6.45) is 0. The van der Waals surface area contributed by atoms with Gasteiger partial charge in [-0.15, -0.1) is 0 Å². The number of anilines is 1. The van der Waals surface area contributed by atoms with E-state index in [4.69, 9.17) is 5.73 Å². The molecule has 0 saturated carbocycles. The summed E-state index contributed by atoms with van der Waals surface area (Å²) in [5.74, 6) is -0.0898. The fourth-order valence-electron chi connectivity index (χ4n) is 2.04. The van der Waals surface area contributed by atoms with Crippen LogP contribution in [0.25, 0.3) is 0 Å². The van der Waals surface area contributed by atoms with Gasteiger partial charge in [0, 0.05) is 27.8 Å². The van der Waals surface area contributed by atoms with Crippen LogP contribution in [-0.2, 0) is 0 Å². The summed E-state index contributed by atoms with van der Waals surface area (Å²) in [6, 6.07) is 13.6. The van der Waals surface area contributed by atoms with Gasteiger partial charge in [-0.3, -0.25) is 9.59 Å². The molecular formula is C18H19NO2. The summed E-state index contributed by atoms with van der Waals surface area (Å²) in [4.78, 5) is 24.7. The second-order valence-electron chi connectivity index (χ2n) is 6.11. The average molecular weight is 281 g/mol. The van der Waals surface area contributed by atoms with Crippen molar-refractivity contribution in [3.63, 3.8) is 0 Å². The van der Waals surface area contributed by atoms with Crippen LogP contribution in [0, 0.1) is 5.41 Å². The Bertz CT molecular complexity index is 679. The minimum Gasteiger partial charge on any atom is -0.399 e. The summed E-state index contributed by atoms with van der Waals surface area (Å²) in [5, 5.41) is 0. The molecule has 2 N–H and O–H groups in total. The highest BCUT2D eigenvalue weighted by Gasteiger charge is 2.23. The molecule has 0 radical (unpaired) electrons. The molecule has 2 rings (SSSR count). The maximum Gasteiger partial charge on any atom is 0.193 e. The summed E-state index contributed by atoms with van der Waals surface area (Å²) >= 11 is 0. The molecule has 0 aromatic heterocycles. The van der Waals surface area contributed by atoms with Crippen molar-refractivity contribution in [1.82, 2.24) is 0 Å².